The summed E-state index contributed by atoms with van der Waals surface area (Å²) in [5.74, 6) is 0.849. The fraction of sp³-hybridized carbons (Fsp3) is 0.417. The number of alkyl halides is 3. The largest absolute Gasteiger partial charge is 0.493 e. The molecule has 2 aromatic rings. The Morgan fingerprint density at radius 3 is 2.34 bits per heavy atom. The summed E-state index contributed by atoms with van der Waals surface area (Å²) in [6.07, 6.45) is 0.730. The zero-order valence-corrected chi connectivity index (χ0v) is 19.2. The van der Waals surface area contributed by atoms with E-state index < -0.39 is 22.3 Å². The molecule has 2 aliphatic heterocycles. The number of ether oxygens (including phenoxy) is 2. The summed E-state index contributed by atoms with van der Waals surface area (Å²) in [5.41, 5.74) is -0.584. The van der Waals surface area contributed by atoms with Gasteiger partial charge in [-0.05, 0) is 62.1 Å². The first-order valence-electron chi connectivity index (χ1n) is 11.3. The predicted octanol–water partition coefficient (Wildman–Crippen LogP) is 4.67. The predicted molar refractivity (Wildman–Crippen MR) is 124 cm³/mol. The average molecular weight is 492 g/mol. The number of nitro benzene ring substituents is 1. The van der Waals surface area contributed by atoms with Gasteiger partial charge in [-0.2, -0.15) is 13.2 Å². The van der Waals surface area contributed by atoms with Crippen molar-refractivity contribution in [3.8, 4) is 11.5 Å². The monoisotopic (exact) mass is 492 g/mol. The normalized spacial score (nSPS) is 17.5. The van der Waals surface area contributed by atoms with Gasteiger partial charge in [-0.3, -0.25) is 10.1 Å². The molecule has 0 saturated carbocycles. The third kappa shape index (κ3) is 6.09. The number of piperidine rings is 1. The molecule has 188 valence electrons. The fourth-order valence-electron chi connectivity index (χ4n) is 4.08. The number of benzene rings is 2. The van der Waals surface area contributed by atoms with Crippen LogP contribution in [0.1, 0.15) is 25.3 Å². The maximum absolute atomic E-state index is 12.7. The summed E-state index contributed by atoms with van der Waals surface area (Å²) in [7, 11) is 0. The Balaban J connectivity index is 1.30. The van der Waals surface area contributed by atoms with Gasteiger partial charge in [-0.1, -0.05) is 0 Å². The Hall–Kier alpha value is -3.63. The molecule has 2 aliphatic rings. The lowest BCUT2D eigenvalue weighted by atomic mass is 9.97. The van der Waals surface area contributed by atoms with Gasteiger partial charge < -0.3 is 25.0 Å². The van der Waals surface area contributed by atoms with Crippen LogP contribution in [-0.4, -0.2) is 36.9 Å². The van der Waals surface area contributed by atoms with E-state index >= 15 is 0 Å². The summed E-state index contributed by atoms with van der Waals surface area (Å²) < 4.78 is 49.5. The van der Waals surface area contributed by atoms with Gasteiger partial charge in [0.25, 0.3) is 0 Å². The summed E-state index contributed by atoms with van der Waals surface area (Å²) in [4.78, 5) is 13.3. The van der Waals surface area contributed by atoms with Gasteiger partial charge in [0, 0.05) is 37.2 Å². The quantitative estimate of drug-likeness (QED) is 0.409. The highest BCUT2D eigenvalue weighted by molar-refractivity contribution is 5.60. The van der Waals surface area contributed by atoms with Crippen molar-refractivity contribution >= 4 is 11.4 Å². The van der Waals surface area contributed by atoms with Crippen LogP contribution in [0.15, 0.2) is 54.9 Å². The summed E-state index contributed by atoms with van der Waals surface area (Å²) in [6.45, 7) is 3.87. The third-order valence-electron chi connectivity index (χ3n) is 6.19. The van der Waals surface area contributed by atoms with E-state index in [1.807, 2.05) is 13.0 Å². The van der Waals surface area contributed by atoms with Crippen LogP contribution in [0.2, 0.25) is 0 Å². The summed E-state index contributed by atoms with van der Waals surface area (Å²) in [5, 5.41) is 17.9. The Bertz CT molecular complexity index is 1060. The molecule has 0 radical (unpaired) electrons. The number of hydrogen-bond acceptors (Lipinski definition) is 7. The van der Waals surface area contributed by atoms with Crippen LogP contribution in [0.5, 0.6) is 11.5 Å². The second-order valence-corrected chi connectivity index (χ2v) is 8.92. The Kier molecular flexibility index (Phi) is 6.95. The van der Waals surface area contributed by atoms with Crippen LogP contribution in [0.4, 0.5) is 24.5 Å². The van der Waals surface area contributed by atoms with Crippen molar-refractivity contribution in [1.29, 1.82) is 0 Å². The summed E-state index contributed by atoms with van der Waals surface area (Å²) >= 11 is 0. The number of hydrogen-bond donors (Lipinski definition) is 2. The van der Waals surface area contributed by atoms with Crippen molar-refractivity contribution in [2.45, 2.75) is 31.6 Å². The van der Waals surface area contributed by atoms with Crippen molar-refractivity contribution in [2.75, 3.05) is 31.2 Å². The molecule has 4 rings (SSSR count). The van der Waals surface area contributed by atoms with Crippen molar-refractivity contribution in [3.05, 3.63) is 70.5 Å². The molecule has 2 heterocycles. The molecule has 11 heteroatoms. The number of nitro groups is 1. The molecule has 0 spiro atoms. The van der Waals surface area contributed by atoms with Gasteiger partial charge in [0.2, 0.25) is 0 Å². The number of nitrogens with one attached hydrogen (secondary N) is 2. The van der Waals surface area contributed by atoms with Gasteiger partial charge in [-0.25, -0.2) is 0 Å². The molecule has 0 aliphatic carbocycles. The molecule has 2 N–H and O–H groups in total. The van der Waals surface area contributed by atoms with Crippen molar-refractivity contribution in [2.24, 2.45) is 5.92 Å². The van der Waals surface area contributed by atoms with Crippen LogP contribution < -0.4 is 25.0 Å². The molecule has 0 unspecified atom stereocenters. The molecule has 1 fully saturated rings. The molecule has 8 nitrogen and oxygen atoms in total. The SMILES string of the molecule is CC1(COc2ccc(N3CCC(COc4ccc(C(F)(F)F)cc4)CC3)cc2[N+](=O)[O-])NC=CN1. The highest BCUT2D eigenvalue weighted by atomic mass is 19.4. The first kappa shape index (κ1) is 24.5. The number of halogens is 3. The van der Waals surface area contributed by atoms with Crippen molar-refractivity contribution in [1.82, 2.24) is 10.6 Å². The second kappa shape index (κ2) is 9.93. The van der Waals surface area contributed by atoms with Crippen molar-refractivity contribution < 1.29 is 27.6 Å². The number of rotatable bonds is 8. The second-order valence-electron chi connectivity index (χ2n) is 8.92. The molecule has 0 atom stereocenters. The van der Waals surface area contributed by atoms with E-state index in [1.54, 1.807) is 18.5 Å². The molecular weight excluding hydrogens is 465 g/mol. The lowest BCUT2D eigenvalue weighted by Gasteiger charge is -2.33. The van der Waals surface area contributed by atoms with E-state index in [1.165, 1.54) is 18.2 Å². The van der Waals surface area contributed by atoms with E-state index in [0.29, 0.717) is 25.4 Å². The van der Waals surface area contributed by atoms with E-state index in [2.05, 4.69) is 15.5 Å². The fourth-order valence-corrected chi connectivity index (χ4v) is 4.08. The van der Waals surface area contributed by atoms with Gasteiger partial charge in [0.15, 0.2) is 5.75 Å². The Morgan fingerprint density at radius 2 is 1.74 bits per heavy atom. The summed E-state index contributed by atoms with van der Waals surface area (Å²) in [6, 6.07) is 9.65. The zero-order chi connectivity index (χ0) is 25.1. The molecule has 2 aromatic carbocycles. The first-order valence-corrected chi connectivity index (χ1v) is 11.3. The highest BCUT2D eigenvalue weighted by Crippen LogP contribution is 2.34. The molecule has 0 aromatic heterocycles. The lowest BCUT2D eigenvalue weighted by molar-refractivity contribution is -0.385. The maximum Gasteiger partial charge on any atom is 0.416 e. The van der Waals surface area contributed by atoms with Gasteiger partial charge in [0.1, 0.15) is 18.0 Å². The highest BCUT2D eigenvalue weighted by Gasteiger charge is 2.30. The number of nitrogens with zero attached hydrogens (tertiary/aromatic N) is 2. The van der Waals surface area contributed by atoms with Gasteiger partial charge in [0.05, 0.1) is 17.1 Å². The van der Waals surface area contributed by atoms with E-state index in [4.69, 9.17) is 9.47 Å². The molecule has 0 bridgehead atoms. The van der Waals surface area contributed by atoms with Gasteiger partial charge in [-0.15, -0.1) is 0 Å². The Labute approximate surface area is 200 Å². The Morgan fingerprint density at radius 1 is 1.09 bits per heavy atom. The molecular formula is C24H27F3N4O4. The minimum absolute atomic E-state index is 0.0928. The van der Waals surface area contributed by atoms with Crippen LogP contribution >= 0.6 is 0 Å². The van der Waals surface area contributed by atoms with Crippen molar-refractivity contribution in [3.63, 3.8) is 0 Å². The first-order chi connectivity index (χ1) is 16.6. The van der Waals surface area contributed by atoms with Crippen LogP contribution in [0.3, 0.4) is 0 Å². The topological polar surface area (TPSA) is 88.9 Å². The van der Waals surface area contributed by atoms with E-state index in [9.17, 15) is 23.3 Å². The average Bonchev–Trinajstić information content (AvgIpc) is 3.28. The lowest BCUT2D eigenvalue weighted by Crippen LogP contribution is -2.50. The van der Waals surface area contributed by atoms with Crippen LogP contribution in [0.25, 0.3) is 0 Å². The van der Waals surface area contributed by atoms with E-state index in [-0.39, 0.29) is 24.0 Å². The molecule has 0 amide bonds. The standard InChI is InChI=1S/C24H27F3N4O4/c1-23(28-10-11-29-23)16-35-22-7-4-19(14-21(22)31(32)33)30-12-8-17(9-13-30)15-34-20-5-2-18(3-6-20)24(25,26)27/h2-7,10-11,14,17,28-29H,8-9,12-13,15-16H2,1H3. The van der Waals surface area contributed by atoms with E-state index in [0.717, 1.165) is 30.7 Å². The van der Waals surface area contributed by atoms with Gasteiger partial charge >= 0.3 is 11.9 Å². The minimum atomic E-state index is -4.37. The smallest absolute Gasteiger partial charge is 0.416 e. The third-order valence-corrected chi connectivity index (χ3v) is 6.19. The van der Waals surface area contributed by atoms with Crippen LogP contribution in [-0.2, 0) is 6.18 Å². The minimum Gasteiger partial charge on any atom is -0.493 e. The molecule has 35 heavy (non-hydrogen) atoms. The zero-order valence-electron chi connectivity index (χ0n) is 19.2. The maximum atomic E-state index is 12.7. The molecule has 1 saturated heterocycles. The van der Waals surface area contributed by atoms with Crippen LogP contribution in [0, 0.1) is 16.0 Å². The number of anilines is 1.